The second-order valence-electron chi connectivity index (χ2n) is 8.15. The minimum Gasteiger partial charge on any atom is -0.474 e. The molecular weight excluding hydrogens is 432 g/mol. The van der Waals surface area contributed by atoms with Crippen LogP contribution in [0.15, 0.2) is 20.5 Å². The lowest BCUT2D eigenvalue weighted by Crippen LogP contribution is -2.42. The molecule has 10 nitrogen and oxygen atoms in total. The fraction of sp³-hybridized carbons (Fsp3) is 0.571. The molecule has 11 heteroatoms. The first kappa shape index (κ1) is 24.1. The van der Waals surface area contributed by atoms with Crippen molar-refractivity contribution in [1.82, 2.24) is 4.98 Å². The van der Waals surface area contributed by atoms with Gasteiger partial charge in [-0.05, 0) is 56.6 Å². The van der Waals surface area contributed by atoms with E-state index in [9.17, 15) is 9.00 Å². The molecule has 32 heavy (non-hydrogen) atoms. The predicted octanol–water partition coefficient (Wildman–Crippen LogP) is 1.22. The van der Waals surface area contributed by atoms with Gasteiger partial charge in [-0.1, -0.05) is 0 Å². The number of nitrogens with zero attached hydrogens (tertiary/aromatic N) is 3. The van der Waals surface area contributed by atoms with Crippen molar-refractivity contribution in [3.8, 4) is 0 Å². The molecule has 1 amide bonds. The Morgan fingerprint density at radius 3 is 2.31 bits per heavy atom. The number of hydrogen-bond acceptors (Lipinski definition) is 8. The van der Waals surface area contributed by atoms with Crippen molar-refractivity contribution in [3.05, 3.63) is 33.6 Å². The van der Waals surface area contributed by atoms with E-state index in [1.165, 1.54) is 42.4 Å². The van der Waals surface area contributed by atoms with E-state index in [4.69, 9.17) is 25.3 Å². The Balaban J connectivity index is 0.000000181. The number of aromatic nitrogens is 1. The Hall–Kier alpha value is -2.50. The number of hydrogen-bond donors (Lipinski definition) is 3. The summed E-state index contributed by atoms with van der Waals surface area (Å²) in [5, 5.41) is 8.41. The maximum Gasteiger partial charge on any atom is 0.229 e. The summed E-state index contributed by atoms with van der Waals surface area (Å²) in [6, 6.07) is 0. The minimum absolute atomic E-state index is 0.109. The molecule has 0 aromatic carbocycles. The molecular formula is C21H32N6O4S. The molecule has 0 bridgehead atoms. The average molecular weight is 465 g/mol. The summed E-state index contributed by atoms with van der Waals surface area (Å²) in [5.74, 6) is 0.167. The zero-order valence-electron chi connectivity index (χ0n) is 18.8. The van der Waals surface area contributed by atoms with Crippen LogP contribution in [0.25, 0.3) is 0 Å². The summed E-state index contributed by atoms with van der Waals surface area (Å²) in [6.45, 7) is 2.54. The van der Waals surface area contributed by atoms with E-state index in [0.29, 0.717) is 13.2 Å². The van der Waals surface area contributed by atoms with Gasteiger partial charge in [0.15, 0.2) is 0 Å². The number of carbonyl (C=O) groups is 1. The van der Waals surface area contributed by atoms with Crippen LogP contribution >= 0.6 is 0 Å². The Morgan fingerprint density at radius 2 is 1.88 bits per heavy atom. The van der Waals surface area contributed by atoms with Crippen LogP contribution < -0.4 is 16.2 Å². The van der Waals surface area contributed by atoms with Gasteiger partial charge in [0.2, 0.25) is 12.3 Å². The third-order valence-electron chi connectivity index (χ3n) is 5.97. The predicted molar refractivity (Wildman–Crippen MR) is 125 cm³/mol. The summed E-state index contributed by atoms with van der Waals surface area (Å²) >= 11 is 0. The number of rotatable bonds is 5. The third-order valence-corrected chi connectivity index (χ3v) is 7.45. The maximum atomic E-state index is 11.9. The van der Waals surface area contributed by atoms with Crippen molar-refractivity contribution in [2.75, 3.05) is 32.6 Å². The van der Waals surface area contributed by atoms with Gasteiger partial charge in [-0.15, -0.1) is 0 Å². The molecule has 5 N–H and O–H groups in total. The highest BCUT2D eigenvalue weighted by Crippen LogP contribution is 2.36. The second kappa shape index (κ2) is 9.97. The molecule has 1 aliphatic heterocycles. The van der Waals surface area contributed by atoms with E-state index >= 15 is 0 Å². The van der Waals surface area contributed by atoms with Crippen LogP contribution in [0.4, 0.5) is 5.69 Å². The Bertz CT molecular complexity index is 1030. The smallest absolute Gasteiger partial charge is 0.229 e. The van der Waals surface area contributed by atoms with E-state index in [0.717, 1.165) is 44.0 Å². The highest BCUT2D eigenvalue weighted by atomic mass is 32.2. The van der Waals surface area contributed by atoms with Crippen molar-refractivity contribution >= 4 is 27.9 Å². The van der Waals surface area contributed by atoms with Crippen LogP contribution in [-0.4, -0.2) is 54.4 Å². The van der Waals surface area contributed by atoms with E-state index in [2.05, 4.69) is 14.7 Å². The van der Waals surface area contributed by atoms with Crippen LogP contribution in [0.1, 0.15) is 42.3 Å². The normalized spacial score (nSPS) is 23.5. The van der Waals surface area contributed by atoms with Gasteiger partial charge in [-0.3, -0.25) is 9.78 Å². The number of carbonyl (C=O) groups excluding carboxylic acids is 1. The molecule has 4 rings (SSSR count). The van der Waals surface area contributed by atoms with Crippen molar-refractivity contribution in [2.45, 2.75) is 51.0 Å². The Labute approximate surface area is 189 Å². The van der Waals surface area contributed by atoms with E-state index in [-0.39, 0.29) is 10.8 Å². The number of amides is 1. The van der Waals surface area contributed by atoms with Crippen molar-refractivity contribution in [1.29, 1.82) is 0 Å². The zero-order valence-corrected chi connectivity index (χ0v) is 19.7. The van der Waals surface area contributed by atoms with Crippen LogP contribution in [0.5, 0.6) is 0 Å². The number of aliphatic imine (C=N–C) groups is 1. The summed E-state index contributed by atoms with van der Waals surface area (Å²) in [6.07, 6.45) is 8.58. The molecule has 0 spiro atoms. The molecule has 2 heterocycles. The number of anilines is 1. The summed E-state index contributed by atoms with van der Waals surface area (Å²) in [4.78, 5) is 19.6. The SMILES string of the molecule is CN=S(N)(=O)/C(=C/N)C1=NCC(C)(OC)CO1.O=CNc1c2c(nc3c1CCC3)CCC2. The van der Waals surface area contributed by atoms with Crippen LogP contribution in [0.3, 0.4) is 0 Å². The first-order chi connectivity index (χ1) is 15.3. The summed E-state index contributed by atoms with van der Waals surface area (Å²) < 4.78 is 26.1. The lowest BCUT2D eigenvalue weighted by Gasteiger charge is -2.31. The molecule has 176 valence electrons. The van der Waals surface area contributed by atoms with Gasteiger partial charge in [-0.2, -0.15) is 0 Å². The lowest BCUT2D eigenvalue weighted by molar-refractivity contribution is -0.105. The van der Waals surface area contributed by atoms with Crippen LogP contribution in [0.2, 0.25) is 0 Å². The second-order valence-corrected chi connectivity index (χ2v) is 10.1. The topological polar surface area (TPSA) is 154 Å². The molecule has 1 aromatic rings. The van der Waals surface area contributed by atoms with Gasteiger partial charge in [0.25, 0.3) is 0 Å². The first-order valence-corrected chi connectivity index (χ1v) is 12.2. The molecule has 2 unspecified atom stereocenters. The van der Waals surface area contributed by atoms with Crippen molar-refractivity contribution < 1.29 is 18.5 Å². The van der Waals surface area contributed by atoms with Crippen molar-refractivity contribution in [2.24, 2.45) is 20.2 Å². The average Bonchev–Trinajstić information content (AvgIpc) is 3.45. The number of nitrogens with one attached hydrogen (secondary N) is 1. The number of methoxy groups -OCH3 is 1. The molecule has 0 fully saturated rings. The van der Waals surface area contributed by atoms with Gasteiger partial charge in [0, 0.05) is 31.7 Å². The van der Waals surface area contributed by atoms with Crippen LogP contribution in [-0.2, 0) is 49.9 Å². The highest BCUT2D eigenvalue weighted by molar-refractivity contribution is 7.96. The van der Waals surface area contributed by atoms with Gasteiger partial charge >= 0.3 is 0 Å². The largest absolute Gasteiger partial charge is 0.474 e. The minimum atomic E-state index is -3.04. The van der Waals surface area contributed by atoms with Gasteiger partial charge < -0.3 is 20.5 Å². The third kappa shape index (κ3) is 4.94. The van der Waals surface area contributed by atoms with Crippen molar-refractivity contribution in [3.63, 3.8) is 0 Å². The Kier molecular flexibility index (Phi) is 7.52. The number of pyridine rings is 1. The molecule has 3 aliphatic rings. The van der Waals surface area contributed by atoms with E-state index < -0.39 is 15.5 Å². The molecule has 0 saturated carbocycles. The number of aryl methyl sites for hydroxylation is 2. The molecule has 1 aromatic heterocycles. The zero-order chi connectivity index (χ0) is 23.4. The van der Waals surface area contributed by atoms with E-state index in [1.807, 2.05) is 6.92 Å². The quantitative estimate of drug-likeness (QED) is 0.557. The van der Waals surface area contributed by atoms with E-state index in [1.54, 1.807) is 7.11 Å². The fourth-order valence-corrected chi connectivity index (χ4v) is 4.80. The van der Waals surface area contributed by atoms with Gasteiger partial charge in [0.05, 0.1) is 12.2 Å². The van der Waals surface area contributed by atoms with Crippen LogP contribution in [0, 0.1) is 0 Å². The summed E-state index contributed by atoms with van der Waals surface area (Å²) in [7, 11) is -0.103. The monoisotopic (exact) mass is 464 g/mol. The fourth-order valence-electron chi connectivity index (χ4n) is 4.04. The van der Waals surface area contributed by atoms with Gasteiger partial charge in [0.1, 0.15) is 27.0 Å². The van der Waals surface area contributed by atoms with Gasteiger partial charge in [-0.25, -0.2) is 18.7 Å². The molecule has 0 radical (unpaired) electrons. The molecule has 2 atom stereocenters. The lowest BCUT2D eigenvalue weighted by atomic mass is 10.1. The molecule has 0 saturated heterocycles. The maximum absolute atomic E-state index is 11.9. The highest BCUT2D eigenvalue weighted by Gasteiger charge is 2.32. The standard InChI is InChI=1S/C12H14N2O.C9H18N4O3S/c15-7-13-12-8-3-1-5-10(8)14-11-6-2-4-9(11)12;1-9(15-3)5-13-8(16-6-9)7(4-10)17(11,14)12-2/h7H,1-6H2,(H,13,14,15);4H,5-6,10H2,1-3H3,(H2,11,12,14)/b;7-4+. The first-order valence-electron chi connectivity index (χ1n) is 10.6. The number of nitrogens with two attached hydrogens (primary N) is 2. The summed E-state index contributed by atoms with van der Waals surface area (Å²) in [5.41, 5.74) is 11.0. The number of fused-ring (bicyclic) bond motifs is 2. The Morgan fingerprint density at radius 1 is 1.25 bits per heavy atom. The molecule has 2 aliphatic carbocycles. The number of ether oxygens (including phenoxy) is 2.